The molecule has 0 aliphatic carbocycles. The normalized spacial score (nSPS) is 19.2. The maximum atomic E-state index is 13.2. The fourth-order valence-corrected chi connectivity index (χ4v) is 2.83. The molecule has 106 valence electrons. The van der Waals surface area contributed by atoms with Crippen LogP contribution in [0.15, 0.2) is 16.7 Å². The third kappa shape index (κ3) is 2.53. The molecular weight excluding hydrogens is 291 g/mol. The molecule has 0 radical (unpaired) electrons. The molecule has 1 atom stereocenters. The molecule has 1 N–H and O–H groups in total. The van der Waals surface area contributed by atoms with E-state index in [0.717, 1.165) is 30.2 Å². The smallest absolute Gasteiger partial charge is 0.244 e. The van der Waals surface area contributed by atoms with Gasteiger partial charge in [0.2, 0.25) is 11.7 Å². The molecular formula is C12H10F3N3OS. The van der Waals surface area contributed by atoms with E-state index in [1.54, 1.807) is 11.8 Å². The standard InChI is InChI=1S/C12H10F3N3OS/c13-7-3-6(4-8(14)10(7)15)11-17-12(19-18-11)9-5-20-2-1-16-9/h3-4,9,16H,1-2,5H2. The second kappa shape index (κ2) is 5.45. The van der Waals surface area contributed by atoms with Crippen molar-refractivity contribution in [3.63, 3.8) is 0 Å². The van der Waals surface area contributed by atoms with E-state index in [0.29, 0.717) is 5.89 Å². The highest BCUT2D eigenvalue weighted by Crippen LogP contribution is 2.25. The Morgan fingerprint density at radius 2 is 2.00 bits per heavy atom. The maximum absolute atomic E-state index is 13.2. The molecule has 1 aromatic carbocycles. The molecule has 1 saturated heterocycles. The number of hydrogen-bond acceptors (Lipinski definition) is 5. The summed E-state index contributed by atoms with van der Waals surface area (Å²) in [6.45, 7) is 0.826. The van der Waals surface area contributed by atoms with Crippen LogP contribution in [0.1, 0.15) is 11.9 Å². The minimum Gasteiger partial charge on any atom is -0.337 e. The van der Waals surface area contributed by atoms with Crippen molar-refractivity contribution < 1.29 is 17.7 Å². The van der Waals surface area contributed by atoms with E-state index in [1.807, 2.05) is 0 Å². The highest BCUT2D eigenvalue weighted by Gasteiger charge is 2.22. The summed E-state index contributed by atoms with van der Waals surface area (Å²) in [5.74, 6) is -1.88. The van der Waals surface area contributed by atoms with Crippen molar-refractivity contribution in [2.24, 2.45) is 0 Å². The molecule has 1 aromatic heterocycles. The summed E-state index contributed by atoms with van der Waals surface area (Å²) in [6, 6.07) is 1.61. The molecule has 1 unspecified atom stereocenters. The fourth-order valence-electron chi connectivity index (χ4n) is 1.90. The highest BCUT2D eigenvalue weighted by molar-refractivity contribution is 7.99. The van der Waals surface area contributed by atoms with E-state index < -0.39 is 17.5 Å². The Labute approximate surface area is 116 Å². The van der Waals surface area contributed by atoms with Crippen molar-refractivity contribution in [1.29, 1.82) is 0 Å². The van der Waals surface area contributed by atoms with Crippen LogP contribution < -0.4 is 5.32 Å². The Balaban J connectivity index is 1.89. The fraction of sp³-hybridized carbons (Fsp3) is 0.333. The second-order valence-electron chi connectivity index (χ2n) is 4.29. The van der Waals surface area contributed by atoms with E-state index in [2.05, 4.69) is 15.5 Å². The minimum absolute atomic E-state index is 0.0372. The first kappa shape index (κ1) is 13.4. The summed E-state index contributed by atoms with van der Waals surface area (Å²) in [5, 5.41) is 6.89. The van der Waals surface area contributed by atoms with Crippen molar-refractivity contribution in [3.8, 4) is 11.4 Å². The molecule has 1 aliphatic heterocycles. The molecule has 20 heavy (non-hydrogen) atoms. The zero-order valence-corrected chi connectivity index (χ0v) is 11.0. The minimum atomic E-state index is -1.51. The molecule has 1 fully saturated rings. The number of aromatic nitrogens is 2. The number of benzene rings is 1. The quantitative estimate of drug-likeness (QED) is 0.864. The van der Waals surface area contributed by atoms with Gasteiger partial charge in [0.1, 0.15) is 0 Å². The number of hydrogen-bond donors (Lipinski definition) is 1. The zero-order valence-electron chi connectivity index (χ0n) is 10.2. The zero-order chi connectivity index (χ0) is 14.1. The third-order valence-electron chi connectivity index (χ3n) is 2.90. The molecule has 2 aromatic rings. The molecule has 2 heterocycles. The van der Waals surface area contributed by atoms with Gasteiger partial charge in [-0.1, -0.05) is 5.16 Å². The van der Waals surface area contributed by atoms with Gasteiger partial charge in [0, 0.05) is 23.6 Å². The number of halogens is 3. The van der Waals surface area contributed by atoms with Crippen LogP contribution in [0, 0.1) is 17.5 Å². The lowest BCUT2D eigenvalue weighted by Gasteiger charge is -2.19. The van der Waals surface area contributed by atoms with Gasteiger partial charge in [-0.25, -0.2) is 13.2 Å². The monoisotopic (exact) mass is 301 g/mol. The van der Waals surface area contributed by atoms with E-state index >= 15 is 0 Å². The number of nitrogens with one attached hydrogen (secondary N) is 1. The first-order valence-corrected chi connectivity index (χ1v) is 7.10. The van der Waals surface area contributed by atoms with Gasteiger partial charge in [-0.2, -0.15) is 16.7 Å². The molecule has 0 spiro atoms. The number of thioether (sulfide) groups is 1. The first-order valence-electron chi connectivity index (χ1n) is 5.95. The van der Waals surface area contributed by atoms with Crippen molar-refractivity contribution in [2.75, 3.05) is 18.1 Å². The summed E-state index contributed by atoms with van der Waals surface area (Å²) in [7, 11) is 0. The summed E-state index contributed by atoms with van der Waals surface area (Å²) in [4.78, 5) is 4.11. The topological polar surface area (TPSA) is 51.0 Å². The Morgan fingerprint density at radius 3 is 2.65 bits per heavy atom. The molecule has 1 aliphatic rings. The first-order chi connectivity index (χ1) is 9.65. The Bertz CT molecular complexity index is 605. The van der Waals surface area contributed by atoms with Gasteiger partial charge in [0.05, 0.1) is 6.04 Å². The Morgan fingerprint density at radius 1 is 1.25 bits per heavy atom. The SMILES string of the molecule is Fc1cc(-c2noc(C3CSCCN3)n2)cc(F)c1F. The summed E-state index contributed by atoms with van der Waals surface area (Å²) >= 11 is 1.75. The van der Waals surface area contributed by atoms with Gasteiger partial charge in [-0.15, -0.1) is 0 Å². The Hall–Kier alpha value is -1.54. The lowest BCUT2D eigenvalue weighted by Crippen LogP contribution is -2.30. The van der Waals surface area contributed by atoms with Gasteiger partial charge < -0.3 is 9.84 Å². The van der Waals surface area contributed by atoms with Crippen molar-refractivity contribution in [2.45, 2.75) is 6.04 Å². The van der Waals surface area contributed by atoms with E-state index in [9.17, 15) is 13.2 Å². The molecule has 8 heteroatoms. The summed E-state index contributed by atoms with van der Waals surface area (Å²) in [6.07, 6.45) is 0. The van der Waals surface area contributed by atoms with Crippen molar-refractivity contribution in [1.82, 2.24) is 15.5 Å². The van der Waals surface area contributed by atoms with Gasteiger partial charge in [0.25, 0.3) is 0 Å². The van der Waals surface area contributed by atoms with Gasteiger partial charge >= 0.3 is 0 Å². The predicted molar refractivity (Wildman–Crippen MR) is 67.7 cm³/mol. The van der Waals surface area contributed by atoms with Crippen LogP contribution in [0.3, 0.4) is 0 Å². The third-order valence-corrected chi connectivity index (χ3v) is 3.97. The lowest BCUT2D eigenvalue weighted by molar-refractivity contribution is 0.342. The van der Waals surface area contributed by atoms with Gasteiger partial charge in [-0.05, 0) is 12.1 Å². The van der Waals surface area contributed by atoms with Crippen LogP contribution in [0.4, 0.5) is 13.2 Å². The van der Waals surface area contributed by atoms with E-state index in [-0.39, 0.29) is 17.4 Å². The van der Waals surface area contributed by atoms with Gasteiger partial charge in [0.15, 0.2) is 17.5 Å². The van der Waals surface area contributed by atoms with Crippen LogP contribution in [-0.4, -0.2) is 28.2 Å². The van der Waals surface area contributed by atoms with Crippen molar-refractivity contribution in [3.05, 3.63) is 35.5 Å². The largest absolute Gasteiger partial charge is 0.337 e. The molecule has 0 amide bonds. The summed E-state index contributed by atoms with van der Waals surface area (Å²) < 4.78 is 44.3. The second-order valence-corrected chi connectivity index (χ2v) is 5.44. The van der Waals surface area contributed by atoms with Crippen molar-refractivity contribution >= 4 is 11.8 Å². The van der Waals surface area contributed by atoms with Crippen LogP contribution >= 0.6 is 11.8 Å². The molecule has 0 saturated carbocycles. The average molecular weight is 301 g/mol. The Kier molecular flexibility index (Phi) is 3.66. The lowest BCUT2D eigenvalue weighted by atomic mass is 10.2. The molecule has 0 bridgehead atoms. The maximum Gasteiger partial charge on any atom is 0.244 e. The molecule has 3 rings (SSSR count). The van der Waals surface area contributed by atoms with Crippen LogP contribution in [0.5, 0.6) is 0 Å². The van der Waals surface area contributed by atoms with E-state index in [4.69, 9.17) is 4.52 Å². The number of nitrogens with zero attached hydrogens (tertiary/aromatic N) is 2. The van der Waals surface area contributed by atoms with Crippen LogP contribution in [-0.2, 0) is 0 Å². The highest BCUT2D eigenvalue weighted by atomic mass is 32.2. The van der Waals surface area contributed by atoms with Crippen LogP contribution in [0.25, 0.3) is 11.4 Å². The van der Waals surface area contributed by atoms with Gasteiger partial charge in [-0.3, -0.25) is 0 Å². The van der Waals surface area contributed by atoms with Crippen LogP contribution in [0.2, 0.25) is 0 Å². The predicted octanol–water partition coefficient (Wildman–Crippen LogP) is 2.53. The number of rotatable bonds is 2. The molecule has 4 nitrogen and oxygen atoms in total. The average Bonchev–Trinajstić information content (AvgIpc) is 2.95. The van der Waals surface area contributed by atoms with E-state index in [1.165, 1.54) is 0 Å². The summed E-state index contributed by atoms with van der Waals surface area (Å²) in [5.41, 5.74) is 0.0415.